The zero-order valence-corrected chi connectivity index (χ0v) is 14.9. The van der Waals surface area contributed by atoms with E-state index in [2.05, 4.69) is 20.6 Å². The fraction of sp³-hybridized carbons (Fsp3) is 0.0952. The summed E-state index contributed by atoms with van der Waals surface area (Å²) in [6.07, 6.45) is 5.37. The van der Waals surface area contributed by atoms with E-state index >= 15 is 0 Å². The molecule has 0 fully saturated rings. The summed E-state index contributed by atoms with van der Waals surface area (Å²) < 4.78 is 1.98. The highest BCUT2D eigenvalue weighted by Crippen LogP contribution is 2.24. The molecule has 0 saturated heterocycles. The van der Waals surface area contributed by atoms with Gasteiger partial charge >= 0.3 is 0 Å². The Balaban J connectivity index is 1.65. The summed E-state index contributed by atoms with van der Waals surface area (Å²) in [6.45, 7) is 0.402. The minimum absolute atomic E-state index is 0.216. The average molecular weight is 357 g/mol. The van der Waals surface area contributed by atoms with Crippen LogP contribution in [0.2, 0.25) is 0 Å². The third-order valence-electron chi connectivity index (χ3n) is 4.32. The van der Waals surface area contributed by atoms with Crippen molar-refractivity contribution in [2.24, 2.45) is 7.05 Å². The first-order chi connectivity index (χ1) is 13.2. The highest BCUT2D eigenvalue weighted by atomic mass is 16.1. The van der Waals surface area contributed by atoms with Crippen LogP contribution in [0.15, 0.2) is 73.2 Å². The molecule has 3 heterocycles. The van der Waals surface area contributed by atoms with E-state index < -0.39 is 0 Å². The molecule has 4 rings (SSSR count). The third kappa shape index (κ3) is 3.64. The maximum Gasteiger partial charge on any atom is 0.270 e. The lowest BCUT2D eigenvalue weighted by atomic mass is 10.2. The van der Waals surface area contributed by atoms with Gasteiger partial charge in [0.05, 0.1) is 5.52 Å². The lowest BCUT2D eigenvalue weighted by molar-refractivity contribution is 0.0948. The molecule has 0 aliphatic carbocycles. The van der Waals surface area contributed by atoms with Crippen molar-refractivity contribution >= 4 is 28.3 Å². The van der Waals surface area contributed by atoms with Gasteiger partial charge in [0.15, 0.2) is 0 Å². The molecule has 0 radical (unpaired) electrons. The number of nitrogens with zero attached hydrogens (tertiary/aromatic N) is 3. The molecule has 1 aromatic carbocycles. The van der Waals surface area contributed by atoms with Crippen molar-refractivity contribution in [1.29, 1.82) is 0 Å². The maximum atomic E-state index is 12.8. The fourth-order valence-corrected chi connectivity index (χ4v) is 2.94. The second-order valence-electron chi connectivity index (χ2n) is 6.25. The summed E-state index contributed by atoms with van der Waals surface area (Å²) in [6, 6.07) is 17.4. The van der Waals surface area contributed by atoms with Gasteiger partial charge < -0.3 is 15.2 Å². The Morgan fingerprint density at radius 2 is 1.96 bits per heavy atom. The normalized spacial score (nSPS) is 10.7. The number of benzene rings is 1. The predicted octanol–water partition coefficient (Wildman–Crippen LogP) is 3.64. The number of amides is 1. The van der Waals surface area contributed by atoms with Gasteiger partial charge in [0.1, 0.15) is 11.5 Å². The molecule has 0 unspecified atom stereocenters. The summed E-state index contributed by atoms with van der Waals surface area (Å²) in [4.78, 5) is 21.5. The first-order valence-electron chi connectivity index (χ1n) is 8.66. The zero-order valence-electron chi connectivity index (χ0n) is 14.9. The number of fused-ring (bicyclic) bond motifs is 1. The summed E-state index contributed by atoms with van der Waals surface area (Å²) in [5, 5.41) is 7.02. The van der Waals surface area contributed by atoms with Crippen LogP contribution in [0.4, 0.5) is 11.5 Å². The molecule has 6 heteroatoms. The number of para-hydroxylation sites is 1. The second kappa shape index (κ2) is 7.29. The van der Waals surface area contributed by atoms with Gasteiger partial charge in [0, 0.05) is 49.3 Å². The fourth-order valence-electron chi connectivity index (χ4n) is 2.94. The molecular formula is C21H19N5O. The molecule has 4 aromatic rings. The molecule has 0 aliphatic rings. The van der Waals surface area contributed by atoms with Gasteiger partial charge in [-0.1, -0.05) is 24.3 Å². The molecular weight excluding hydrogens is 338 g/mol. The highest BCUT2D eigenvalue weighted by Gasteiger charge is 2.16. The number of hydrogen-bond acceptors (Lipinski definition) is 4. The molecule has 6 nitrogen and oxygen atoms in total. The smallest absolute Gasteiger partial charge is 0.270 e. The Kier molecular flexibility index (Phi) is 4.53. The molecule has 27 heavy (non-hydrogen) atoms. The molecule has 134 valence electrons. The monoisotopic (exact) mass is 357 g/mol. The van der Waals surface area contributed by atoms with E-state index in [-0.39, 0.29) is 5.91 Å². The number of rotatable bonds is 5. The van der Waals surface area contributed by atoms with Crippen molar-refractivity contribution in [3.8, 4) is 0 Å². The van der Waals surface area contributed by atoms with Crippen LogP contribution in [-0.2, 0) is 13.6 Å². The van der Waals surface area contributed by atoms with Crippen molar-refractivity contribution in [2.75, 3.05) is 5.32 Å². The van der Waals surface area contributed by atoms with Gasteiger partial charge in [-0.2, -0.15) is 0 Å². The van der Waals surface area contributed by atoms with Crippen LogP contribution >= 0.6 is 0 Å². The standard InChI is InChI=1S/C21H19N5O/c1-26-11-9-17-18(26)12-19(24-16-7-3-2-4-8-16)25-20(17)21(27)23-14-15-6-5-10-22-13-15/h2-13H,14H2,1H3,(H,23,27)(H,24,25). The van der Waals surface area contributed by atoms with Crippen LogP contribution in [0.3, 0.4) is 0 Å². The molecule has 3 aromatic heterocycles. The third-order valence-corrected chi connectivity index (χ3v) is 4.32. The summed E-state index contributed by atoms with van der Waals surface area (Å²) in [7, 11) is 1.95. The van der Waals surface area contributed by atoms with Gasteiger partial charge in [-0.3, -0.25) is 9.78 Å². The van der Waals surface area contributed by atoms with Gasteiger partial charge in [-0.25, -0.2) is 4.98 Å². The molecule has 0 saturated carbocycles. The quantitative estimate of drug-likeness (QED) is 0.572. The van der Waals surface area contributed by atoms with Gasteiger partial charge in [0.25, 0.3) is 5.91 Å². The number of pyridine rings is 2. The molecule has 0 atom stereocenters. The van der Waals surface area contributed by atoms with E-state index in [9.17, 15) is 4.79 Å². The van der Waals surface area contributed by atoms with Crippen LogP contribution in [0.5, 0.6) is 0 Å². The zero-order chi connectivity index (χ0) is 18.6. The highest BCUT2D eigenvalue weighted by molar-refractivity contribution is 6.05. The van der Waals surface area contributed by atoms with Crippen molar-refractivity contribution in [2.45, 2.75) is 6.54 Å². The summed E-state index contributed by atoms with van der Waals surface area (Å²) >= 11 is 0. The minimum Gasteiger partial charge on any atom is -0.350 e. The summed E-state index contributed by atoms with van der Waals surface area (Å²) in [5.41, 5.74) is 3.19. The average Bonchev–Trinajstić information content (AvgIpc) is 3.08. The second-order valence-corrected chi connectivity index (χ2v) is 6.25. The van der Waals surface area contributed by atoms with Crippen molar-refractivity contribution < 1.29 is 4.79 Å². The van der Waals surface area contributed by atoms with Crippen molar-refractivity contribution in [1.82, 2.24) is 19.9 Å². The van der Waals surface area contributed by atoms with Gasteiger partial charge in [-0.15, -0.1) is 0 Å². The maximum absolute atomic E-state index is 12.8. The van der Waals surface area contributed by atoms with E-state index in [4.69, 9.17) is 0 Å². The van der Waals surface area contributed by atoms with Crippen LogP contribution in [-0.4, -0.2) is 20.4 Å². The number of carbonyl (C=O) groups excluding carboxylic acids is 1. The van der Waals surface area contributed by atoms with Crippen LogP contribution in [0.25, 0.3) is 10.9 Å². The van der Waals surface area contributed by atoms with E-state index in [1.165, 1.54) is 0 Å². The molecule has 0 aliphatic heterocycles. The lowest BCUT2D eigenvalue weighted by Gasteiger charge is -2.11. The number of aryl methyl sites for hydroxylation is 1. The largest absolute Gasteiger partial charge is 0.350 e. The number of nitrogens with one attached hydrogen (secondary N) is 2. The SMILES string of the molecule is Cn1ccc2c(C(=O)NCc3cccnc3)nc(Nc3ccccc3)cc21. The number of aromatic nitrogens is 3. The predicted molar refractivity (Wildman–Crippen MR) is 106 cm³/mol. The Morgan fingerprint density at radius 1 is 1.11 bits per heavy atom. The van der Waals surface area contributed by atoms with Crippen LogP contribution < -0.4 is 10.6 Å². The minimum atomic E-state index is -0.216. The van der Waals surface area contributed by atoms with E-state index in [1.807, 2.05) is 72.4 Å². The van der Waals surface area contributed by atoms with Gasteiger partial charge in [-0.05, 0) is 29.8 Å². The number of anilines is 2. The van der Waals surface area contributed by atoms with Crippen molar-refractivity contribution in [3.63, 3.8) is 0 Å². The first kappa shape index (κ1) is 16.8. The van der Waals surface area contributed by atoms with E-state index in [1.54, 1.807) is 12.4 Å². The Hall–Kier alpha value is -3.67. The van der Waals surface area contributed by atoms with Gasteiger partial charge in [0.2, 0.25) is 0 Å². The topological polar surface area (TPSA) is 71.8 Å². The Bertz CT molecular complexity index is 1070. The van der Waals surface area contributed by atoms with E-state index in [0.717, 1.165) is 22.2 Å². The van der Waals surface area contributed by atoms with Crippen LogP contribution in [0, 0.1) is 0 Å². The lowest BCUT2D eigenvalue weighted by Crippen LogP contribution is -2.24. The Labute approximate surface area is 156 Å². The molecule has 0 bridgehead atoms. The van der Waals surface area contributed by atoms with E-state index in [0.29, 0.717) is 18.1 Å². The molecule has 2 N–H and O–H groups in total. The summed E-state index contributed by atoms with van der Waals surface area (Å²) in [5.74, 6) is 0.411. The number of carbonyl (C=O) groups is 1. The van der Waals surface area contributed by atoms with Crippen LogP contribution in [0.1, 0.15) is 16.1 Å². The molecule has 1 amide bonds. The van der Waals surface area contributed by atoms with Crippen molar-refractivity contribution in [3.05, 3.63) is 84.4 Å². The Morgan fingerprint density at radius 3 is 2.74 bits per heavy atom. The number of hydrogen-bond donors (Lipinski definition) is 2. The molecule has 0 spiro atoms. The first-order valence-corrected chi connectivity index (χ1v) is 8.66.